The lowest BCUT2D eigenvalue weighted by Crippen LogP contribution is -2.15. The second kappa shape index (κ2) is 7.90. The van der Waals surface area contributed by atoms with E-state index in [0.29, 0.717) is 23.0 Å². The quantitative estimate of drug-likeness (QED) is 0.725. The Hall–Kier alpha value is -3.35. The maximum absolute atomic E-state index is 12.4. The number of methoxy groups -OCH3 is 2. The second-order valence-electron chi connectivity index (χ2n) is 6.15. The van der Waals surface area contributed by atoms with E-state index in [4.69, 9.17) is 9.47 Å². The summed E-state index contributed by atoms with van der Waals surface area (Å²) in [7, 11) is 3.15. The van der Waals surface area contributed by atoms with Crippen LogP contribution in [0.25, 0.3) is 5.82 Å². The molecule has 27 heavy (non-hydrogen) atoms. The molecule has 1 N–H and O–H groups in total. The predicted molar refractivity (Wildman–Crippen MR) is 103 cm³/mol. The average Bonchev–Trinajstić information content (AvgIpc) is 3.00. The topological polar surface area (TPSA) is 78.3 Å². The molecule has 3 aromatic rings. The molecule has 1 amide bonds. The molecule has 0 spiro atoms. The SMILES string of the molecule is COc1ccc(CC(=O)Nc2ccc(-n3nc(C)cc3C)nc2)c(OC)c1. The summed E-state index contributed by atoms with van der Waals surface area (Å²) in [5.41, 5.74) is 3.34. The van der Waals surface area contributed by atoms with Gasteiger partial charge < -0.3 is 14.8 Å². The van der Waals surface area contributed by atoms with Crippen molar-refractivity contribution in [1.29, 1.82) is 0 Å². The molecule has 2 heterocycles. The van der Waals surface area contributed by atoms with Gasteiger partial charge in [-0.2, -0.15) is 5.10 Å². The summed E-state index contributed by atoms with van der Waals surface area (Å²) in [5.74, 6) is 1.84. The minimum atomic E-state index is -0.154. The van der Waals surface area contributed by atoms with Crippen molar-refractivity contribution in [3.05, 3.63) is 59.5 Å². The Morgan fingerprint density at radius 3 is 2.52 bits per heavy atom. The molecule has 1 aromatic carbocycles. The van der Waals surface area contributed by atoms with Gasteiger partial charge in [0.15, 0.2) is 5.82 Å². The fourth-order valence-electron chi connectivity index (χ4n) is 2.82. The number of pyridine rings is 1. The number of rotatable bonds is 6. The third-order valence-electron chi connectivity index (χ3n) is 4.10. The Kier molecular flexibility index (Phi) is 5.40. The number of ether oxygens (including phenoxy) is 2. The van der Waals surface area contributed by atoms with Gasteiger partial charge in [-0.05, 0) is 38.1 Å². The first-order valence-corrected chi connectivity index (χ1v) is 8.50. The number of benzene rings is 1. The molecule has 0 bridgehead atoms. The average molecular weight is 366 g/mol. The molecule has 140 valence electrons. The number of nitrogens with one attached hydrogen (secondary N) is 1. The van der Waals surface area contributed by atoms with Crippen molar-refractivity contribution in [1.82, 2.24) is 14.8 Å². The molecule has 7 heteroatoms. The lowest BCUT2D eigenvalue weighted by atomic mass is 10.1. The van der Waals surface area contributed by atoms with Crippen molar-refractivity contribution in [3.63, 3.8) is 0 Å². The first-order valence-electron chi connectivity index (χ1n) is 8.50. The minimum absolute atomic E-state index is 0.154. The van der Waals surface area contributed by atoms with Gasteiger partial charge in [0.1, 0.15) is 11.5 Å². The number of aromatic nitrogens is 3. The van der Waals surface area contributed by atoms with Gasteiger partial charge >= 0.3 is 0 Å². The van der Waals surface area contributed by atoms with E-state index in [1.165, 1.54) is 0 Å². The summed E-state index contributed by atoms with van der Waals surface area (Å²) < 4.78 is 12.3. The maximum atomic E-state index is 12.4. The van der Waals surface area contributed by atoms with E-state index >= 15 is 0 Å². The van der Waals surface area contributed by atoms with Crippen LogP contribution in [0.1, 0.15) is 17.0 Å². The smallest absolute Gasteiger partial charge is 0.228 e. The largest absolute Gasteiger partial charge is 0.497 e. The highest BCUT2D eigenvalue weighted by molar-refractivity contribution is 5.92. The number of amides is 1. The number of anilines is 1. The van der Waals surface area contributed by atoms with Gasteiger partial charge in [0.25, 0.3) is 0 Å². The summed E-state index contributed by atoms with van der Waals surface area (Å²) in [6.45, 7) is 3.91. The fraction of sp³-hybridized carbons (Fsp3) is 0.250. The van der Waals surface area contributed by atoms with Gasteiger partial charge in [0.2, 0.25) is 5.91 Å². The highest BCUT2D eigenvalue weighted by atomic mass is 16.5. The molecule has 0 fully saturated rings. The van der Waals surface area contributed by atoms with Gasteiger partial charge in [-0.1, -0.05) is 6.07 Å². The van der Waals surface area contributed by atoms with Gasteiger partial charge in [-0.3, -0.25) is 4.79 Å². The Labute approximate surface area is 158 Å². The second-order valence-corrected chi connectivity index (χ2v) is 6.15. The molecule has 2 aromatic heterocycles. The Morgan fingerprint density at radius 2 is 1.93 bits per heavy atom. The van der Waals surface area contributed by atoms with Crippen LogP contribution in [0.2, 0.25) is 0 Å². The molecule has 0 saturated carbocycles. The molecule has 0 aliphatic rings. The molecule has 0 atom stereocenters. The zero-order chi connectivity index (χ0) is 19.4. The fourth-order valence-corrected chi connectivity index (χ4v) is 2.82. The first-order chi connectivity index (χ1) is 13.0. The summed E-state index contributed by atoms with van der Waals surface area (Å²) in [4.78, 5) is 16.8. The number of hydrogen-bond donors (Lipinski definition) is 1. The summed E-state index contributed by atoms with van der Waals surface area (Å²) in [5, 5.41) is 7.25. The van der Waals surface area contributed by atoms with Crippen LogP contribution in [0.3, 0.4) is 0 Å². The monoisotopic (exact) mass is 366 g/mol. The number of aryl methyl sites for hydroxylation is 2. The molecule has 0 radical (unpaired) electrons. The standard InChI is InChI=1S/C20H22N4O3/c1-13-9-14(2)24(23-13)19-8-6-16(12-21-19)22-20(25)10-15-5-7-17(26-3)11-18(15)27-4/h5-9,11-12H,10H2,1-4H3,(H,22,25). The van der Waals surface area contributed by atoms with Crippen LogP contribution in [0.4, 0.5) is 5.69 Å². The van der Waals surface area contributed by atoms with Crippen molar-refractivity contribution in [3.8, 4) is 17.3 Å². The lowest BCUT2D eigenvalue weighted by Gasteiger charge is -2.11. The highest BCUT2D eigenvalue weighted by Gasteiger charge is 2.11. The van der Waals surface area contributed by atoms with Crippen molar-refractivity contribution in [2.24, 2.45) is 0 Å². The van der Waals surface area contributed by atoms with Crippen LogP contribution in [0.15, 0.2) is 42.6 Å². The minimum Gasteiger partial charge on any atom is -0.497 e. The van der Waals surface area contributed by atoms with E-state index in [2.05, 4.69) is 15.4 Å². The van der Waals surface area contributed by atoms with E-state index < -0.39 is 0 Å². The van der Waals surface area contributed by atoms with Crippen LogP contribution in [-0.4, -0.2) is 34.9 Å². The van der Waals surface area contributed by atoms with Crippen molar-refractivity contribution < 1.29 is 14.3 Å². The molecule has 0 saturated heterocycles. The summed E-state index contributed by atoms with van der Waals surface area (Å²) in [6.07, 6.45) is 1.81. The van der Waals surface area contributed by atoms with Gasteiger partial charge in [0, 0.05) is 17.3 Å². The van der Waals surface area contributed by atoms with E-state index in [0.717, 1.165) is 17.0 Å². The first kappa shape index (κ1) is 18.4. The number of hydrogen-bond acceptors (Lipinski definition) is 5. The Morgan fingerprint density at radius 1 is 1.11 bits per heavy atom. The van der Waals surface area contributed by atoms with Gasteiger partial charge in [-0.25, -0.2) is 9.67 Å². The highest BCUT2D eigenvalue weighted by Crippen LogP contribution is 2.25. The number of nitrogens with zero attached hydrogens (tertiary/aromatic N) is 3. The van der Waals surface area contributed by atoms with Crippen LogP contribution >= 0.6 is 0 Å². The van der Waals surface area contributed by atoms with Gasteiger partial charge in [-0.15, -0.1) is 0 Å². The summed E-state index contributed by atoms with van der Waals surface area (Å²) in [6, 6.07) is 11.0. The van der Waals surface area contributed by atoms with E-state index in [1.807, 2.05) is 38.1 Å². The van der Waals surface area contributed by atoms with Crippen LogP contribution < -0.4 is 14.8 Å². The van der Waals surface area contributed by atoms with Crippen LogP contribution in [0.5, 0.6) is 11.5 Å². The van der Waals surface area contributed by atoms with Crippen LogP contribution in [-0.2, 0) is 11.2 Å². The summed E-state index contributed by atoms with van der Waals surface area (Å²) >= 11 is 0. The Balaban J connectivity index is 1.69. The molecule has 0 aliphatic heterocycles. The molecular weight excluding hydrogens is 344 g/mol. The molecule has 0 unspecified atom stereocenters. The molecule has 3 rings (SSSR count). The predicted octanol–water partition coefficient (Wildman–Crippen LogP) is 3.08. The zero-order valence-corrected chi connectivity index (χ0v) is 15.8. The molecule has 7 nitrogen and oxygen atoms in total. The van der Waals surface area contributed by atoms with Crippen molar-refractivity contribution >= 4 is 11.6 Å². The van der Waals surface area contributed by atoms with E-state index in [9.17, 15) is 4.79 Å². The van der Waals surface area contributed by atoms with Crippen molar-refractivity contribution in [2.75, 3.05) is 19.5 Å². The maximum Gasteiger partial charge on any atom is 0.228 e. The number of carbonyl (C=O) groups excluding carboxylic acids is 1. The van der Waals surface area contributed by atoms with Gasteiger partial charge in [0.05, 0.1) is 38.2 Å². The lowest BCUT2D eigenvalue weighted by molar-refractivity contribution is -0.115. The number of carbonyl (C=O) groups is 1. The normalized spacial score (nSPS) is 10.5. The van der Waals surface area contributed by atoms with E-state index in [-0.39, 0.29) is 12.3 Å². The van der Waals surface area contributed by atoms with Crippen LogP contribution in [0, 0.1) is 13.8 Å². The third kappa shape index (κ3) is 4.25. The molecular formula is C20H22N4O3. The zero-order valence-electron chi connectivity index (χ0n) is 15.8. The van der Waals surface area contributed by atoms with E-state index in [1.54, 1.807) is 37.2 Å². The third-order valence-corrected chi connectivity index (χ3v) is 4.10. The molecule has 0 aliphatic carbocycles. The van der Waals surface area contributed by atoms with Crippen molar-refractivity contribution in [2.45, 2.75) is 20.3 Å². The Bertz CT molecular complexity index is 948.